The van der Waals surface area contributed by atoms with Crippen LogP contribution in [0.3, 0.4) is 0 Å². The van der Waals surface area contributed by atoms with Crippen molar-refractivity contribution < 1.29 is 0 Å². The second kappa shape index (κ2) is 4.69. The molecule has 0 fully saturated rings. The fourth-order valence-electron chi connectivity index (χ4n) is 2.56. The van der Waals surface area contributed by atoms with Crippen LogP contribution in [0.1, 0.15) is 38.2 Å². The Morgan fingerprint density at radius 1 is 1.33 bits per heavy atom. The van der Waals surface area contributed by atoms with E-state index in [2.05, 4.69) is 43.1 Å². The van der Waals surface area contributed by atoms with Gasteiger partial charge in [-0.15, -0.1) is 0 Å². The maximum Gasteiger partial charge on any atom is 0.0398 e. The number of hydrogen-bond acceptors (Lipinski definition) is 1. The molecule has 0 aromatic heterocycles. The minimum atomic E-state index is 0.764. The molecule has 0 saturated heterocycles. The van der Waals surface area contributed by atoms with Gasteiger partial charge < -0.3 is 4.90 Å². The molecule has 0 spiro atoms. The van der Waals surface area contributed by atoms with Crippen molar-refractivity contribution in [1.82, 2.24) is 0 Å². The van der Waals surface area contributed by atoms with E-state index in [9.17, 15) is 0 Å². The third kappa shape index (κ3) is 2.17. The minimum absolute atomic E-state index is 0.764. The standard InChI is InChI=1S/C14H21N/c1-3-4-8-13-11-10-12-7-5-6-9-14(12)15(13)2/h5-7,9,13H,3-4,8,10-11H2,1-2H3/t13-/m0/s1. The maximum absolute atomic E-state index is 2.48. The van der Waals surface area contributed by atoms with Crippen LogP contribution < -0.4 is 4.90 Å². The Kier molecular flexibility index (Phi) is 3.30. The van der Waals surface area contributed by atoms with Gasteiger partial charge in [-0.2, -0.15) is 0 Å². The van der Waals surface area contributed by atoms with E-state index in [1.54, 1.807) is 0 Å². The van der Waals surface area contributed by atoms with Crippen LogP contribution in [0.15, 0.2) is 24.3 Å². The van der Waals surface area contributed by atoms with Crippen LogP contribution in [-0.4, -0.2) is 13.1 Å². The Morgan fingerprint density at radius 2 is 2.13 bits per heavy atom. The fraction of sp³-hybridized carbons (Fsp3) is 0.571. The van der Waals surface area contributed by atoms with Crippen LogP contribution in [0.2, 0.25) is 0 Å². The van der Waals surface area contributed by atoms with Gasteiger partial charge in [0.05, 0.1) is 0 Å². The fourth-order valence-corrected chi connectivity index (χ4v) is 2.56. The van der Waals surface area contributed by atoms with Gasteiger partial charge in [-0.1, -0.05) is 38.0 Å². The first-order valence-electron chi connectivity index (χ1n) is 6.13. The summed E-state index contributed by atoms with van der Waals surface area (Å²) >= 11 is 0. The molecule has 0 unspecified atom stereocenters. The van der Waals surface area contributed by atoms with E-state index < -0.39 is 0 Å². The number of fused-ring (bicyclic) bond motifs is 1. The van der Waals surface area contributed by atoms with Crippen molar-refractivity contribution in [1.29, 1.82) is 0 Å². The van der Waals surface area contributed by atoms with E-state index in [1.165, 1.54) is 43.4 Å². The highest BCUT2D eigenvalue weighted by Crippen LogP contribution is 2.30. The SMILES string of the molecule is CCCC[C@H]1CCc2ccccc2N1C. The third-order valence-electron chi connectivity index (χ3n) is 3.56. The number of hydrogen-bond donors (Lipinski definition) is 0. The number of anilines is 1. The van der Waals surface area contributed by atoms with Crippen molar-refractivity contribution in [2.75, 3.05) is 11.9 Å². The molecule has 0 radical (unpaired) electrons. The Morgan fingerprint density at radius 3 is 2.93 bits per heavy atom. The second-order valence-corrected chi connectivity index (χ2v) is 4.57. The van der Waals surface area contributed by atoms with Gasteiger partial charge in [-0.05, 0) is 30.9 Å². The summed E-state index contributed by atoms with van der Waals surface area (Å²) in [4.78, 5) is 2.48. The molecule has 0 amide bonds. The van der Waals surface area contributed by atoms with Crippen LogP contribution in [0, 0.1) is 0 Å². The monoisotopic (exact) mass is 203 g/mol. The lowest BCUT2D eigenvalue weighted by Gasteiger charge is -2.36. The molecule has 1 aromatic carbocycles. The summed E-state index contributed by atoms with van der Waals surface area (Å²) in [5.41, 5.74) is 2.97. The molecular weight excluding hydrogens is 182 g/mol. The van der Waals surface area contributed by atoms with E-state index in [4.69, 9.17) is 0 Å². The normalized spacial score (nSPS) is 20.1. The number of nitrogens with zero attached hydrogens (tertiary/aromatic N) is 1. The molecule has 1 atom stereocenters. The molecule has 0 aliphatic carbocycles. The van der Waals surface area contributed by atoms with Crippen molar-refractivity contribution >= 4 is 5.69 Å². The topological polar surface area (TPSA) is 3.24 Å². The summed E-state index contributed by atoms with van der Waals surface area (Å²) in [6, 6.07) is 9.59. The summed E-state index contributed by atoms with van der Waals surface area (Å²) in [6.45, 7) is 2.27. The van der Waals surface area contributed by atoms with E-state index >= 15 is 0 Å². The van der Waals surface area contributed by atoms with Crippen molar-refractivity contribution in [3.63, 3.8) is 0 Å². The Bertz CT molecular complexity index is 319. The zero-order valence-electron chi connectivity index (χ0n) is 9.87. The van der Waals surface area contributed by atoms with E-state index in [0.29, 0.717) is 0 Å². The molecule has 1 heterocycles. The molecule has 0 saturated carbocycles. The van der Waals surface area contributed by atoms with Gasteiger partial charge in [-0.25, -0.2) is 0 Å². The molecule has 82 valence electrons. The quantitative estimate of drug-likeness (QED) is 0.725. The number of para-hydroxylation sites is 1. The van der Waals surface area contributed by atoms with Crippen molar-refractivity contribution in [3.05, 3.63) is 29.8 Å². The number of rotatable bonds is 3. The number of aryl methyl sites for hydroxylation is 1. The molecule has 15 heavy (non-hydrogen) atoms. The highest BCUT2D eigenvalue weighted by atomic mass is 15.1. The molecule has 1 heteroatoms. The van der Waals surface area contributed by atoms with E-state index in [-0.39, 0.29) is 0 Å². The lowest BCUT2D eigenvalue weighted by atomic mass is 9.93. The summed E-state index contributed by atoms with van der Waals surface area (Å²) in [7, 11) is 2.25. The minimum Gasteiger partial charge on any atom is -0.371 e. The molecule has 0 bridgehead atoms. The zero-order valence-corrected chi connectivity index (χ0v) is 9.87. The van der Waals surface area contributed by atoms with Gasteiger partial charge in [0.1, 0.15) is 0 Å². The summed E-state index contributed by atoms with van der Waals surface area (Å²) < 4.78 is 0. The summed E-state index contributed by atoms with van der Waals surface area (Å²) in [6.07, 6.45) is 6.60. The molecule has 2 rings (SSSR count). The number of benzene rings is 1. The molecule has 0 N–H and O–H groups in total. The van der Waals surface area contributed by atoms with Crippen molar-refractivity contribution in [2.45, 2.75) is 45.1 Å². The second-order valence-electron chi connectivity index (χ2n) is 4.57. The van der Waals surface area contributed by atoms with Crippen molar-refractivity contribution in [2.24, 2.45) is 0 Å². The predicted molar refractivity (Wildman–Crippen MR) is 66.5 cm³/mol. The molecule has 1 aliphatic heterocycles. The first-order chi connectivity index (χ1) is 7.33. The van der Waals surface area contributed by atoms with Gasteiger partial charge in [0.25, 0.3) is 0 Å². The van der Waals surface area contributed by atoms with Crippen LogP contribution >= 0.6 is 0 Å². The molecule has 1 aliphatic rings. The lowest BCUT2D eigenvalue weighted by Crippen LogP contribution is -2.35. The Hall–Kier alpha value is -0.980. The van der Waals surface area contributed by atoms with E-state index in [0.717, 1.165) is 6.04 Å². The largest absolute Gasteiger partial charge is 0.371 e. The predicted octanol–water partition coefficient (Wildman–Crippen LogP) is 3.63. The maximum atomic E-state index is 2.48. The summed E-state index contributed by atoms with van der Waals surface area (Å²) in [5, 5.41) is 0. The van der Waals surface area contributed by atoms with Gasteiger partial charge in [0.2, 0.25) is 0 Å². The van der Waals surface area contributed by atoms with Crippen molar-refractivity contribution in [3.8, 4) is 0 Å². The zero-order chi connectivity index (χ0) is 10.7. The molecular formula is C14H21N. The first kappa shape index (κ1) is 10.5. The van der Waals surface area contributed by atoms with Crippen LogP contribution in [0.5, 0.6) is 0 Å². The highest BCUT2D eigenvalue weighted by Gasteiger charge is 2.21. The average Bonchev–Trinajstić information content (AvgIpc) is 2.29. The van der Waals surface area contributed by atoms with Gasteiger partial charge in [0, 0.05) is 18.8 Å². The average molecular weight is 203 g/mol. The Balaban J connectivity index is 2.11. The molecule has 1 nitrogen and oxygen atoms in total. The third-order valence-corrected chi connectivity index (χ3v) is 3.56. The van der Waals surface area contributed by atoms with Crippen LogP contribution in [0.25, 0.3) is 0 Å². The van der Waals surface area contributed by atoms with E-state index in [1.807, 2.05) is 0 Å². The first-order valence-corrected chi connectivity index (χ1v) is 6.13. The van der Waals surface area contributed by atoms with Gasteiger partial charge in [0.15, 0.2) is 0 Å². The highest BCUT2D eigenvalue weighted by molar-refractivity contribution is 5.55. The van der Waals surface area contributed by atoms with Gasteiger partial charge in [-0.3, -0.25) is 0 Å². The smallest absolute Gasteiger partial charge is 0.0398 e. The van der Waals surface area contributed by atoms with Crippen LogP contribution in [0.4, 0.5) is 5.69 Å². The summed E-state index contributed by atoms with van der Waals surface area (Å²) in [5.74, 6) is 0. The number of unbranched alkanes of at least 4 members (excludes halogenated alkanes) is 1. The van der Waals surface area contributed by atoms with Crippen LogP contribution in [-0.2, 0) is 6.42 Å². The van der Waals surface area contributed by atoms with Gasteiger partial charge >= 0.3 is 0 Å². The molecule has 1 aromatic rings. The Labute approximate surface area is 93.1 Å². The lowest BCUT2D eigenvalue weighted by molar-refractivity contribution is 0.501.